The highest BCUT2D eigenvalue weighted by Crippen LogP contribution is 2.20. The van der Waals surface area contributed by atoms with E-state index in [-0.39, 0.29) is 30.6 Å². The van der Waals surface area contributed by atoms with Crippen LogP contribution in [0.5, 0.6) is 5.75 Å². The predicted molar refractivity (Wildman–Crippen MR) is 103 cm³/mol. The first-order valence-corrected chi connectivity index (χ1v) is 9.08. The van der Waals surface area contributed by atoms with E-state index >= 15 is 0 Å². The molecule has 1 atom stereocenters. The zero-order chi connectivity index (χ0) is 19.9. The molecule has 2 aromatic rings. The first-order valence-electron chi connectivity index (χ1n) is 9.08. The Balaban J connectivity index is 1.45. The smallest absolute Gasteiger partial charge is 0.243 e. The molecule has 1 unspecified atom stereocenters. The van der Waals surface area contributed by atoms with Crippen molar-refractivity contribution in [2.45, 2.75) is 19.4 Å². The van der Waals surface area contributed by atoms with Crippen molar-refractivity contribution < 1.29 is 19.1 Å². The lowest BCUT2D eigenvalue weighted by atomic mass is 10.1. The second-order valence-electron chi connectivity index (χ2n) is 6.72. The first-order chi connectivity index (χ1) is 13.5. The maximum atomic E-state index is 12.3. The van der Waals surface area contributed by atoms with Crippen molar-refractivity contribution in [3.8, 4) is 5.75 Å². The summed E-state index contributed by atoms with van der Waals surface area (Å²) in [4.78, 5) is 38.2. The van der Waals surface area contributed by atoms with Crippen LogP contribution in [0.25, 0.3) is 0 Å². The fourth-order valence-electron chi connectivity index (χ4n) is 3.11. The average Bonchev–Trinajstić information content (AvgIpc) is 3.08. The molecule has 2 aromatic carbocycles. The lowest BCUT2D eigenvalue weighted by Crippen LogP contribution is -2.45. The van der Waals surface area contributed by atoms with Crippen molar-refractivity contribution in [1.82, 2.24) is 15.8 Å². The molecule has 7 heteroatoms. The van der Waals surface area contributed by atoms with E-state index < -0.39 is 5.92 Å². The number of hydrogen-bond acceptors (Lipinski definition) is 4. The molecule has 1 heterocycles. The van der Waals surface area contributed by atoms with Crippen LogP contribution in [0.4, 0.5) is 0 Å². The van der Waals surface area contributed by atoms with Gasteiger partial charge in [0, 0.05) is 19.5 Å². The van der Waals surface area contributed by atoms with Crippen LogP contribution >= 0.6 is 0 Å². The van der Waals surface area contributed by atoms with Gasteiger partial charge in [0.05, 0.1) is 19.4 Å². The molecule has 1 saturated heterocycles. The fourth-order valence-corrected chi connectivity index (χ4v) is 3.11. The van der Waals surface area contributed by atoms with Gasteiger partial charge in [0.2, 0.25) is 17.7 Å². The summed E-state index contributed by atoms with van der Waals surface area (Å²) in [5.74, 6) is -0.509. The zero-order valence-electron chi connectivity index (χ0n) is 15.7. The van der Waals surface area contributed by atoms with Crippen LogP contribution in [0.1, 0.15) is 17.5 Å². The van der Waals surface area contributed by atoms with Crippen molar-refractivity contribution in [2.24, 2.45) is 5.92 Å². The van der Waals surface area contributed by atoms with Gasteiger partial charge in [-0.3, -0.25) is 25.2 Å². The van der Waals surface area contributed by atoms with Gasteiger partial charge < -0.3 is 9.64 Å². The minimum atomic E-state index is -0.475. The Hall–Kier alpha value is -3.35. The van der Waals surface area contributed by atoms with Gasteiger partial charge in [-0.15, -0.1) is 0 Å². The van der Waals surface area contributed by atoms with Crippen molar-refractivity contribution in [2.75, 3.05) is 13.7 Å². The molecule has 3 rings (SSSR count). The van der Waals surface area contributed by atoms with E-state index in [2.05, 4.69) is 10.9 Å². The topological polar surface area (TPSA) is 87.7 Å². The number of amides is 3. The van der Waals surface area contributed by atoms with Crippen molar-refractivity contribution in [1.29, 1.82) is 0 Å². The third kappa shape index (κ3) is 5.09. The van der Waals surface area contributed by atoms with Gasteiger partial charge in [-0.25, -0.2) is 0 Å². The molecular weight excluding hydrogens is 358 g/mol. The average molecular weight is 381 g/mol. The molecule has 1 aliphatic heterocycles. The maximum Gasteiger partial charge on any atom is 0.243 e. The molecule has 28 heavy (non-hydrogen) atoms. The number of nitrogens with zero attached hydrogens (tertiary/aromatic N) is 1. The molecule has 0 aromatic heterocycles. The predicted octanol–water partition coefficient (Wildman–Crippen LogP) is 1.43. The van der Waals surface area contributed by atoms with Crippen LogP contribution in [0.15, 0.2) is 54.6 Å². The van der Waals surface area contributed by atoms with Gasteiger partial charge in [0.15, 0.2) is 0 Å². The van der Waals surface area contributed by atoms with Crippen LogP contribution in [-0.2, 0) is 27.3 Å². The number of rotatable bonds is 6. The Bertz CT molecular complexity index is 836. The lowest BCUT2D eigenvalue weighted by molar-refractivity contribution is -0.131. The molecule has 1 fully saturated rings. The Kier molecular flexibility index (Phi) is 6.26. The first kappa shape index (κ1) is 19.4. The summed E-state index contributed by atoms with van der Waals surface area (Å²) in [5, 5.41) is 0. The molecule has 7 nitrogen and oxygen atoms in total. The molecule has 0 spiro atoms. The number of hydrogen-bond donors (Lipinski definition) is 2. The van der Waals surface area contributed by atoms with Gasteiger partial charge in [0.1, 0.15) is 5.75 Å². The molecule has 0 bridgehead atoms. The Morgan fingerprint density at radius 2 is 1.75 bits per heavy atom. The molecule has 146 valence electrons. The molecule has 3 amide bonds. The normalized spacial score (nSPS) is 16.0. The van der Waals surface area contributed by atoms with E-state index in [1.165, 1.54) is 0 Å². The molecule has 0 radical (unpaired) electrons. The molecule has 2 N–H and O–H groups in total. The molecule has 0 saturated carbocycles. The van der Waals surface area contributed by atoms with E-state index in [4.69, 9.17) is 4.74 Å². The van der Waals surface area contributed by atoms with Crippen LogP contribution < -0.4 is 15.6 Å². The number of carbonyl (C=O) groups excluding carboxylic acids is 3. The number of carbonyl (C=O) groups is 3. The highest BCUT2D eigenvalue weighted by atomic mass is 16.5. The van der Waals surface area contributed by atoms with Gasteiger partial charge >= 0.3 is 0 Å². The van der Waals surface area contributed by atoms with E-state index in [0.717, 1.165) is 11.1 Å². The second-order valence-corrected chi connectivity index (χ2v) is 6.72. The van der Waals surface area contributed by atoms with E-state index in [1.807, 2.05) is 30.3 Å². The fraction of sp³-hybridized carbons (Fsp3) is 0.286. The Morgan fingerprint density at radius 1 is 1.04 bits per heavy atom. The number of nitrogens with one attached hydrogen (secondary N) is 2. The number of methoxy groups -OCH3 is 1. The second kappa shape index (κ2) is 9.03. The molecule has 1 aliphatic rings. The Morgan fingerprint density at radius 3 is 2.43 bits per heavy atom. The highest BCUT2D eigenvalue weighted by molar-refractivity contribution is 5.90. The summed E-state index contributed by atoms with van der Waals surface area (Å²) in [5.41, 5.74) is 6.67. The summed E-state index contributed by atoms with van der Waals surface area (Å²) in [6, 6.07) is 16.8. The molecular formula is C21H23N3O4. The largest absolute Gasteiger partial charge is 0.497 e. The quantitative estimate of drug-likeness (QED) is 0.741. The van der Waals surface area contributed by atoms with Crippen LogP contribution in [0.2, 0.25) is 0 Å². The standard InChI is InChI=1S/C21H23N3O4/c1-28-18-9-7-15(8-10-18)11-19(25)22-23-21(27)17-12-20(26)24(14-17)13-16-5-3-2-4-6-16/h2-10,17H,11-14H2,1H3,(H,22,25)(H,23,27). The van der Waals surface area contributed by atoms with Crippen LogP contribution in [-0.4, -0.2) is 36.3 Å². The van der Waals surface area contributed by atoms with Gasteiger partial charge in [0.25, 0.3) is 0 Å². The third-order valence-electron chi connectivity index (χ3n) is 4.65. The van der Waals surface area contributed by atoms with Gasteiger partial charge in [-0.05, 0) is 23.3 Å². The Labute approximate surface area is 163 Å². The molecule has 0 aliphatic carbocycles. The zero-order valence-corrected chi connectivity index (χ0v) is 15.7. The summed E-state index contributed by atoms with van der Waals surface area (Å²) < 4.78 is 5.08. The van der Waals surface area contributed by atoms with E-state index in [1.54, 1.807) is 36.3 Å². The minimum absolute atomic E-state index is 0.0615. The number of hydrazine groups is 1. The minimum Gasteiger partial charge on any atom is -0.497 e. The monoisotopic (exact) mass is 381 g/mol. The number of ether oxygens (including phenoxy) is 1. The number of benzene rings is 2. The SMILES string of the molecule is COc1ccc(CC(=O)NNC(=O)C2CC(=O)N(Cc3ccccc3)C2)cc1. The van der Waals surface area contributed by atoms with Crippen molar-refractivity contribution in [3.63, 3.8) is 0 Å². The summed E-state index contributed by atoms with van der Waals surface area (Å²) in [7, 11) is 1.58. The summed E-state index contributed by atoms with van der Waals surface area (Å²) >= 11 is 0. The van der Waals surface area contributed by atoms with Gasteiger partial charge in [-0.2, -0.15) is 0 Å². The summed E-state index contributed by atoms with van der Waals surface area (Å²) in [6.07, 6.45) is 0.279. The van der Waals surface area contributed by atoms with Crippen molar-refractivity contribution in [3.05, 3.63) is 65.7 Å². The highest BCUT2D eigenvalue weighted by Gasteiger charge is 2.34. The lowest BCUT2D eigenvalue weighted by Gasteiger charge is -2.16. The third-order valence-corrected chi connectivity index (χ3v) is 4.65. The van der Waals surface area contributed by atoms with E-state index in [9.17, 15) is 14.4 Å². The maximum absolute atomic E-state index is 12.3. The van der Waals surface area contributed by atoms with Crippen LogP contribution in [0, 0.1) is 5.92 Å². The van der Waals surface area contributed by atoms with Crippen molar-refractivity contribution >= 4 is 17.7 Å². The van der Waals surface area contributed by atoms with E-state index in [0.29, 0.717) is 18.8 Å². The summed E-state index contributed by atoms with van der Waals surface area (Å²) in [6.45, 7) is 0.821. The van der Waals surface area contributed by atoms with Crippen LogP contribution in [0.3, 0.4) is 0 Å². The number of likely N-dealkylation sites (tertiary alicyclic amines) is 1. The van der Waals surface area contributed by atoms with Gasteiger partial charge in [-0.1, -0.05) is 42.5 Å².